The number of aromatic nitrogens is 3. The highest BCUT2D eigenvalue weighted by molar-refractivity contribution is 7.99. The number of hydrogen-bond acceptors (Lipinski definition) is 5. The lowest BCUT2D eigenvalue weighted by molar-refractivity contribution is -0.136. The quantitative estimate of drug-likeness (QED) is 0.811. The molecule has 7 nitrogen and oxygen atoms in total. The molecule has 0 aliphatic carbocycles. The molecule has 1 atom stereocenters. The summed E-state index contributed by atoms with van der Waals surface area (Å²) in [6, 6.07) is 7.43. The van der Waals surface area contributed by atoms with Crippen LogP contribution < -0.4 is 5.69 Å². The zero-order valence-corrected chi connectivity index (χ0v) is 13.7. The predicted molar refractivity (Wildman–Crippen MR) is 86.7 cm³/mol. The molecule has 1 fully saturated rings. The van der Waals surface area contributed by atoms with Crippen molar-refractivity contribution in [3.8, 4) is 0 Å². The van der Waals surface area contributed by atoms with Crippen molar-refractivity contribution in [2.75, 3.05) is 25.4 Å². The molecule has 1 aliphatic rings. The molecule has 1 amide bonds. The van der Waals surface area contributed by atoms with E-state index in [0.29, 0.717) is 29.9 Å². The topological polar surface area (TPSA) is 91.1 Å². The molecule has 0 radical (unpaired) electrons. The second kappa shape index (κ2) is 7.20. The van der Waals surface area contributed by atoms with Gasteiger partial charge in [-0.25, -0.2) is 9.89 Å². The van der Waals surface area contributed by atoms with Gasteiger partial charge in [-0.2, -0.15) is 0 Å². The Labute approximate surface area is 141 Å². The number of aromatic amines is 2. The number of hydrogen-bond donors (Lipinski definition) is 2. The van der Waals surface area contributed by atoms with Gasteiger partial charge in [0.25, 0.3) is 0 Å². The highest BCUT2D eigenvalue weighted by Gasteiger charge is 2.25. The maximum atomic E-state index is 12.3. The molecular formula is C14H15ClN4O3S. The second-order valence-electron chi connectivity index (χ2n) is 5.02. The van der Waals surface area contributed by atoms with Gasteiger partial charge in [-0.15, -0.1) is 5.10 Å². The minimum absolute atomic E-state index is 0.0129. The molecule has 0 spiro atoms. The summed E-state index contributed by atoms with van der Waals surface area (Å²) in [5.41, 5.74) is 0.616. The number of rotatable bonds is 4. The third kappa shape index (κ3) is 4.15. The molecule has 0 saturated carbocycles. The summed E-state index contributed by atoms with van der Waals surface area (Å²) in [6.07, 6.45) is -0.153. The van der Waals surface area contributed by atoms with Gasteiger partial charge in [-0.1, -0.05) is 35.5 Å². The van der Waals surface area contributed by atoms with E-state index in [1.54, 1.807) is 4.90 Å². The molecule has 122 valence electrons. The Kier molecular flexibility index (Phi) is 5.04. The first-order valence-corrected chi connectivity index (χ1v) is 8.40. The van der Waals surface area contributed by atoms with Crippen LogP contribution in [-0.2, 0) is 9.53 Å². The van der Waals surface area contributed by atoms with Gasteiger partial charge in [0.15, 0.2) is 5.16 Å². The van der Waals surface area contributed by atoms with Crippen molar-refractivity contribution < 1.29 is 9.53 Å². The molecular weight excluding hydrogens is 340 g/mol. The molecule has 1 aromatic carbocycles. The summed E-state index contributed by atoms with van der Waals surface area (Å²) in [4.78, 5) is 27.5. The maximum absolute atomic E-state index is 12.3. The predicted octanol–water partition coefficient (Wildman–Crippen LogP) is 1.44. The zero-order valence-electron chi connectivity index (χ0n) is 12.1. The average Bonchev–Trinajstić information content (AvgIpc) is 2.99. The molecule has 0 bridgehead atoms. The number of halogens is 1. The van der Waals surface area contributed by atoms with Crippen LogP contribution in [0.15, 0.2) is 34.2 Å². The van der Waals surface area contributed by atoms with Crippen molar-refractivity contribution in [2.45, 2.75) is 11.3 Å². The molecule has 2 heterocycles. The van der Waals surface area contributed by atoms with E-state index in [0.717, 1.165) is 5.56 Å². The standard InChI is InChI=1S/C14H15ClN4O3S/c15-10-3-1-9(2-4-10)11-7-19(5-6-22-11)12(20)8-23-14-16-13(21)17-18-14/h1-4,11H,5-8H2,(H2,16,17,18,21)/t11-/m1/s1. The molecule has 1 saturated heterocycles. The summed E-state index contributed by atoms with van der Waals surface area (Å²) in [7, 11) is 0. The lowest BCUT2D eigenvalue weighted by atomic mass is 10.1. The molecule has 23 heavy (non-hydrogen) atoms. The zero-order chi connectivity index (χ0) is 16.2. The van der Waals surface area contributed by atoms with Gasteiger partial charge in [0.2, 0.25) is 5.91 Å². The van der Waals surface area contributed by atoms with Crippen LogP contribution in [0.4, 0.5) is 0 Å². The summed E-state index contributed by atoms with van der Waals surface area (Å²) in [5, 5.41) is 7.11. The summed E-state index contributed by atoms with van der Waals surface area (Å²) < 4.78 is 5.74. The Morgan fingerprint density at radius 2 is 2.22 bits per heavy atom. The Hall–Kier alpha value is -1.77. The van der Waals surface area contributed by atoms with Gasteiger partial charge >= 0.3 is 5.69 Å². The summed E-state index contributed by atoms with van der Waals surface area (Å²) >= 11 is 7.08. The smallest absolute Gasteiger partial charge is 0.341 e. The minimum atomic E-state index is -0.380. The van der Waals surface area contributed by atoms with Crippen LogP contribution in [0.2, 0.25) is 5.02 Å². The fourth-order valence-electron chi connectivity index (χ4n) is 2.30. The number of nitrogens with zero attached hydrogens (tertiary/aromatic N) is 2. The van der Waals surface area contributed by atoms with E-state index in [1.165, 1.54) is 11.8 Å². The monoisotopic (exact) mass is 354 g/mol. The van der Waals surface area contributed by atoms with Gasteiger partial charge in [-0.05, 0) is 17.7 Å². The Bertz CT molecular complexity index is 730. The van der Waals surface area contributed by atoms with E-state index in [9.17, 15) is 9.59 Å². The summed E-state index contributed by atoms with van der Waals surface area (Å²) in [5.74, 6) is 0.204. The highest BCUT2D eigenvalue weighted by atomic mass is 35.5. The fourth-order valence-corrected chi connectivity index (χ4v) is 3.14. The summed E-state index contributed by atoms with van der Waals surface area (Å²) in [6.45, 7) is 1.54. The molecule has 1 aliphatic heterocycles. The van der Waals surface area contributed by atoms with Gasteiger partial charge in [0, 0.05) is 11.6 Å². The maximum Gasteiger partial charge on any atom is 0.341 e. The molecule has 1 aromatic heterocycles. The SMILES string of the molecule is O=C(CSc1n[nH]c(=O)[nH]1)N1CCO[C@@H](c2ccc(Cl)cc2)C1. The van der Waals surface area contributed by atoms with E-state index in [-0.39, 0.29) is 23.5 Å². The van der Waals surface area contributed by atoms with Crippen molar-refractivity contribution in [3.05, 3.63) is 45.3 Å². The third-order valence-corrected chi connectivity index (χ3v) is 4.58. The first kappa shape index (κ1) is 16.1. The van der Waals surface area contributed by atoms with Crippen molar-refractivity contribution in [1.29, 1.82) is 0 Å². The van der Waals surface area contributed by atoms with E-state index < -0.39 is 0 Å². The van der Waals surface area contributed by atoms with Crippen LogP contribution in [0.25, 0.3) is 0 Å². The van der Waals surface area contributed by atoms with E-state index in [4.69, 9.17) is 16.3 Å². The van der Waals surface area contributed by atoms with Crippen LogP contribution in [0.1, 0.15) is 11.7 Å². The van der Waals surface area contributed by atoms with Crippen LogP contribution in [0, 0.1) is 0 Å². The van der Waals surface area contributed by atoms with Gasteiger partial charge in [0.1, 0.15) is 6.10 Å². The number of ether oxygens (including phenoxy) is 1. The molecule has 0 unspecified atom stereocenters. The van der Waals surface area contributed by atoms with Crippen molar-refractivity contribution in [1.82, 2.24) is 20.1 Å². The largest absolute Gasteiger partial charge is 0.370 e. The molecule has 2 N–H and O–H groups in total. The average molecular weight is 355 g/mol. The number of carbonyl (C=O) groups excluding carboxylic acids is 1. The van der Waals surface area contributed by atoms with Crippen LogP contribution >= 0.6 is 23.4 Å². The lowest BCUT2D eigenvalue weighted by Crippen LogP contribution is -2.43. The number of amides is 1. The van der Waals surface area contributed by atoms with E-state index >= 15 is 0 Å². The number of carbonyl (C=O) groups is 1. The van der Waals surface area contributed by atoms with Crippen molar-refractivity contribution >= 4 is 29.3 Å². The van der Waals surface area contributed by atoms with Gasteiger partial charge < -0.3 is 9.64 Å². The highest BCUT2D eigenvalue weighted by Crippen LogP contribution is 2.24. The number of H-pyrrole nitrogens is 2. The number of morpholine rings is 1. The fraction of sp³-hybridized carbons (Fsp3) is 0.357. The Morgan fingerprint density at radius 1 is 1.43 bits per heavy atom. The molecule has 9 heteroatoms. The Morgan fingerprint density at radius 3 is 2.91 bits per heavy atom. The van der Waals surface area contributed by atoms with Gasteiger partial charge in [-0.3, -0.25) is 9.78 Å². The third-order valence-electron chi connectivity index (χ3n) is 3.47. The first-order valence-electron chi connectivity index (χ1n) is 7.04. The normalized spacial score (nSPS) is 18.1. The van der Waals surface area contributed by atoms with E-state index in [1.807, 2.05) is 24.3 Å². The van der Waals surface area contributed by atoms with Crippen LogP contribution in [0.3, 0.4) is 0 Å². The van der Waals surface area contributed by atoms with Crippen molar-refractivity contribution in [3.63, 3.8) is 0 Å². The lowest BCUT2D eigenvalue weighted by Gasteiger charge is -2.33. The van der Waals surface area contributed by atoms with Crippen LogP contribution in [-0.4, -0.2) is 51.4 Å². The van der Waals surface area contributed by atoms with Crippen molar-refractivity contribution in [2.24, 2.45) is 0 Å². The molecule has 2 aromatic rings. The number of nitrogens with one attached hydrogen (secondary N) is 2. The number of benzene rings is 1. The second-order valence-corrected chi connectivity index (χ2v) is 6.42. The Balaban J connectivity index is 1.58. The van der Waals surface area contributed by atoms with Gasteiger partial charge in [0.05, 0.1) is 18.9 Å². The molecule has 3 rings (SSSR count). The minimum Gasteiger partial charge on any atom is -0.370 e. The number of thioether (sulfide) groups is 1. The first-order chi connectivity index (χ1) is 11.1. The van der Waals surface area contributed by atoms with E-state index in [2.05, 4.69) is 15.2 Å². The van der Waals surface area contributed by atoms with Crippen LogP contribution in [0.5, 0.6) is 0 Å².